The first-order chi connectivity index (χ1) is 22.1. The molecule has 4 unspecified atom stereocenters. The molecule has 4 fully saturated rings. The molecule has 1 N–H and O–H groups in total. The zero-order valence-corrected chi connectivity index (χ0v) is 28.4. The predicted molar refractivity (Wildman–Crippen MR) is 181 cm³/mol. The highest BCUT2D eigenvalue weighted by Gasteiger charge is 2.60. The van der Waals surface area contributed by atoms with Crippen molar-refractivity contribution >= 4 is 27.0 Å². The van der Waals surface area contributed by atoms with Crippen molar-refractivity contribution in [1.82, 2.24) is 23.4 Å². The molecule has 5 aliphatic rings. The van der Waals surface area contributed by atoms with Gasteiger partial charge in [0.1, 0.15) is 5.75 Å². The average molecular weight is 646 g/mol. The summed E-state index contributed by atoms with van der Waals surface area (Å²) in [6.07, 6.45) is 9.76. The first kappa shape index (κ1) is 30.4. The summed E-state index contributed by atoms with van der Waals surface area (Å²) in [6, 6.07) is 13.7. The number of nitrogens with one attached hydrogen (secondary N) is 1. The molecule has 2 saturated heterocycles. The van der Waals surface area contributed by atoms with Crippen molar-refractivity contribution < 1.29 is 17.9 Å². The van der Waals surface area contributed by atoms with Crippen LogP contribution in [0.15, 0.2) is 36.4 Å². The molecule has 0 radical (unpaired) electrons. The number of hydrogen-bond donors (Lipinski definition) is 1. The summed E-state index contributed by atoms with van der Waals surface area (Å²) in [4.78, 5) is 18.7. The van der Waals surface area contributed by atoms with Crippen molar-refractivity contribution in [1.29, 1.82) is 0 Å². The van der Waals surface area contributed by atoms with Crippen LogP contribution < -0.4 is 9.46 Å². The number of ether oxygens (including phenoxy) is 1. The molecule has 246 valence electrons. The number of amides is 1. The second-order valence-corrected chi connectivity index (χ2v) is 16.9. The number of hydrogen-bond acceptors (Lipinski definition) is 6. The fourth-order valence-corrected chi connectivity index (χ4v) is 10.1. The molecule has 0 spiro atoms. The van der Waals surface area contributed by atoms with Gasteiger partial charge in [0, 0.05) is 79.8 Å². The third-order valence-electron chi connectivity index (χ3n) is 11.9. The van der Waals surface area contributed by atoms with Crippen LogP contribution in [0.25, 0.3) is 22.2 Å². The SMILES string of the molecule is COc1ccc2c(c1)C1CC1(CN1C3CCC1CN(C)C3)Cn1c-2c(C2CCCCC2)c2ccc(C(=O)NS(=O)(=O)N(C)C)cc21. The molecular weight excluding hydrogens is 598 g/mol. The summed E-state index contributed by atoms with van der Waals surface area (Å²) in [5.74, 6) is 1.21. The Bertz CT molecular complexity index is 1800. The summed E-state index contributed by atoms with van der Waals surface area (Å²) in [5.41, 5.74) is 6.90. The molecule has 2 aliphatic carbocycles. The molecule has 2 saturated carbocycles. The van der Waals surface area contributed by atoms with E-state index in [-0.39, 0.29) is 5.41 Å². The molecule has 3 aliphatic heterocycles. The van der Waals surface area contributed by atoms with Crippen molar-refractivity contribution in [3.8, 4) is 17.0 Å². The van der Waals surface area contributed by atoms with Crippen LogP contribution in [0.4, 0.5) is 0 Å². The van der Waals surface area contributed by atoms with Gasteiger partial charge in [-0.1, -0.05) is 25.3 Å². The molecule has 9 nitrogen and oxygen atoms in total. The predicted octanol–water partition coefficient (Wildman–Crippen LogP) is 5.17. The number of methoxy groups -OCH3 is 1. The van der Waals surface area contributed by atoms with E-state index in [0.29, 0.717) is 29.5 Å². The van der Waals surface area contributed by atoms with Gasteiger partial charge in [0.25, 0.3) is 5.91 Å². The molecule has 2 bridgehead atoms. The van der Waals surface area contributed by atoms with Gasteiger partial charge in [-0.25, -0.2) is 4.72 Å². The number of benzene rings is 2. The monoisotopic (exact) mass is 645 g/mol. The van der Waals surface area contributed by atoms with Crippen molar-refractivity contribution in [2.45, 2.75) is 81.8 Å². The second-order valence-electron chi connectivity index (χ2n) is 15.0. The van der Waals surface area contributed by atoms with E-state index in [1.54, 1.807) is 7.11 Å². The summed E-state index contributed by atoms with van der Waals surface area (Å²) in [7, 11) is 2.95. The van der Waals surface area contributed by atoms with Gasteiger partial charge in [0.2, 0.25) is 0 Å². The smallest absolute Gasteiger partial charge is 0.303 e. The standard InChI is InChI=1S/C36H47N5O4S/c1-38(2)46(43,44)37-35(42)24-10-14-29-32(16-24)41-22-36(21-40-25-11-12-26(40)20-39(3)19-25)18-31(36)30-17-27(45-4)13-15-28(30)34(41)33(29)23-8-6-5-7-9-23/h10,13-17,23,25-26,31H,5-9,11-12,18-22H2,1-4H3,(H,37,42). The Kier molecular flexibility index (Phi) is 7.32. The number of piperazine rings is 1. The van der Waals surface area contributed by atoms with E-state index < -0.39 is 16.1 Å². The lowest BCUT2D eigenvalue weighted by atomic mass is 9.81. The highest BCUT2D eigenvalue weighted by Crippen LogP contribution is 2.66. The van der Waals surface area contributed by atoms with E-state index in [9.17, 15) is 13.2 Å². The van der Waals surface area contributed by atoms with Gasteiger partial charge in [0.15, 0.2) is 0 Å². The Labute approximate surface area is 273 Å². The van der Waals surface area contributed by atoms with E-state index >= 15 is 0 Å². The Morgan fingerprint density at radius 1 is 1.02 bits per heavy atom. The van der Waals surface area contributed by atoms with Gasteiger partial charge in [0.05, 0.1) is 12.8 Å². The van der Waals surface area contributed by atoms with Crippen LogP contribution in [0.2, 0.25) is 0 Å². The van der Waals surface area contributed by atoms with Gasteiger partial charge in [-0.05, 0) is 92.4 Å². The molecule has 10 heteroatoms. The number of aromatic nitrogens is 1. The Morgan fingerprint density at radius 2 is 1.76 bits per heavy atom. The van der Waals surface area contributed by atoms with E-state index in [0.717, 1.165) is 48.2 Å². The number of likely N-dealkylation sites (N-methyl/N-ethyl adjacent to an activating group) is 1. The lowest BCUT2D eigenvalue weighted by Crippen LogP contribution is -2.54. The Morgan fingerprint density at radius 3 is 2.46 bits per heavy atom. The van der Waals surface area contributed by atoms with Gasteiger partial charge in [-0.3, -0.25) is 9.69 Å². The molecule has 1 aromatic heterocycles. The van der Waals surface area contributed by atoms with Crippen LogP contribution in [-0.4, -0.2) is 93.0 Å². The first-order valence-electron chi connectivity index (χ1n) is 17.1. The minimum absolute atomic E-state index is 0.0887. The van der Waals surface area contributed by atoms with Crippen molar-refractivity contribution in [3.05, 3.63) is 53.1 Å². The van der Waals surface area contributed by atoms with Gasteiger partial charge >= 0.3 is 10.2 Å². The quantitative estimate of drug-likeness (QED) is 0.382. The van der Waals surface area contributed by atoms with Gasteiger partial charge in [-0.2, -0.15) is 12.7 Å². The van der Waals surface area contributed by atoms with E-state index in [4.69, 9.17) is 4.74 Å². The maximum Gasteiger partial charge on any atom is 0.303 e. The van der Waals surface area contributed by atoms with Crippen LogP contribution in [0.5, 0.6) is 5.75 Å². The largest absolute Gasteiger partial charge is 0.497 e. The van der Waals surface area contributed by atoms with Gasteiger partial charge in [-0.15, -0.1) is 0 Å². The van der Waals surface area contributed by atoms with Crippen molar-refractivity contribution in [2.24, 2.45) is 5.41 Å². The van der Waals surface area contributed by atoms with Crippen molar-refractivity contribution in [2.75, 3.05) is 47.9 Å². The normalized spacial score (nSPS) is 28.1. The highest BCUT2D eigenvalue weighted by atomic mass is 32.2. The average Bonchev–Trinajstić information content (AvgIpc) is 3.60. The minimum Gasteiger partial charge on any atom is -0.497 e. The Balaban J connectivity index is 1.30. The summed E-state index contributed by atoms with van der Waals surface area (Å²) in [6.45, 7) is 4.25. The molecule has 46 heavy (non-hydrogen) atoms. The number of likely N-dealkylation sites (tertiary alicyclic amines) is 1. The molecule has 8 rings (SSSR count). The van der Waals surface area contributed by atoms with Gasteiger partial charge < -0.3 is 14.2 Å². The molecule has 3 aromatic rings. The number of rotatable bonds is 7. The lowest BCUT2D eigenvalue weighted by Gasteiger charge is -2.41. The van der Waals surface area contributed by atoms with Crippen LogP contribution in [0.3, 0.4) is 0 Å². The molecule has 4 heterocycles. The molecule has 4 atom stereocenters. The maximum absolute atomic E-state index is 13.4. The zero-order valence-electron chi connectivity index (χ0n) is 27.6. The number of fused-ring (bicyclic) bond motifs is 9. The van der Waals surface area contributed by atoms with Crippen LogP contribution >= 0.6 is 0 Å². The van der Waals surface area contributed by atoms with E-state index in [1.807, 2.05) is 12.1 Å². The second kappa shape index (κ2) is 11.1. The molecular formula is C36H47N5O4S. The topological polar surface area (TPSA) is 87.1 Å². The third-order valence-corrected chi connectivity index (χ3v) is 13.4. The van der Waals surface area contributed by atoms with Crippen LogP contribution in [0.1, 0.15) is 84.7 Å². The zero-order chi connectivity index (χ0) is 32.0. The number of carbonyl (C=O) groups excluding carboxylic acids is 1. The fourth-order valence-electron chi connectivity index (χ4n) is 9.54. The number of carbonyl (C=O) groups is 1. The van der Waals surface area contributed by atoms with Crippen molar-refractivity contribution in [3.63, 3.8) is 0 Å². The molecule has 2 aromatic carbocycles. The van der Waals surface area contributed by atoms with E-state index in [1.165, 1.54) is 86.8 Å². The number of nitrogens with zero attached hydrogens (tertiary/aromatic N) is 4. The lowest BCUT2D eigenvalue weighted by molar-refractivity contribution is 0.0595. The van der Waals surface area contributed by atoms with E-state index in [2.05, 4.69) is 50.4 Å². The Hall–Kier alpha value is -2.92. The van der Waals surface area contributed by atoms with Crippen LogP contribution in [-0.2, 0) is 16.8 Å². The molecule has 1 amide bonds. The first-order valence-corrected chi connectivity index (χ1v) is 18.6. The summed E-state index contributed by atoms with van der Waals surface area (Å²) < 4.78 is 36.8. The highest BCUT2D eigenvalue weighted by molar-refractivity contribution is 7.87. The summed E-state index contributed by atoms with van der Waals surface area (Å²) >= 11 is 0. The van der Waals surface area contributed by atoms with Crippen LogP contribution in [0, 0.1) is 5.41 Å². The third kappa shape index (κ3) is 4.90. The fraction of sp³-hybridized carbons (Fsp3) is 0.583. The maximum atomic E-state index is 13.4. The minimum atomic E-state index is -3.91. The summed E-state index contributed by atoms with van der Waals surface area (Å²) in [5, 5.41) is 1.20.